The molecule has 5 heteroatoms. The van der Waals surface area contributed by atoms with E-state index in [1.165, 1.54) is 24.2 Å². The SMILES string of the molecule is Cc1cccc(CN2CCC[C@]3(COCCN(c4cccnc4)C3)C2)n1. The highest BCUT2D eigenvalue weighted by atomic mass is 16.5. The largest absolute Gasteiger partial charge is 0.379 e. The number of aromatic nitrogens is 2. The van der Waals surface area contributed by atoms with Crippen molar-refractivity contribution in [1.29, 1.82) is 0 Å². The molecular formula is C21H28N4O. The minimum Gasteiger partial charge on any atom is -0.379 e. The van der Waals surface area contributed by atoms with Gasteiger partial charge in [-0.05, 0) is 50.6 Å². The molecule has 138 valence electrons. The summed E-state index contributed by atoms with van der Waals surface area (Å²) in [6, 6.07) is 10.5. The number of nitrogens with zero attached hydrogens (tertiary/aromatic N) is 4. The smallest absolute Gasteiger partial charge is 0.0641 e. The fourth-order valence-corrected chi connectivity index (χ4v) is 4.36. The van der Waals surface area contributed by atoms with E-state index in [4.69, 9.17) is 9.72 Å². The molecule has 2 saturated heterocycles. The zero-order valence-electron chi connectivity index (χ0n) is 15.6. The first-order chi connectivity index (χ1) is 12.7. The van der Waals surface area contributed by atoms with Crippen molar-refractivity contribution < 1.29 is 4.74 Å². The minimum atomic E-state index is 0.189. The third-order valence-electron chi connectivity index (χ3n) is 5.52. The third kappa shape index (κ3) is 4.05. The van der Waals surface area contributed by atoms with Gasteiger partial charge in [0.1, 0.15) is 0 Å². The van der Waals surface area contributed by atoms with Crippen molar-refractivity contribution in [3.05, 3.63) is 54.1 Å². The van der Waals surface area contributed by atoms with E-state index >= 15 is 0 Å². The van der Waals surface area contributed by atoms with Crippen molar-refractivity contribution in [2.75, 3.05) is 44.3 Å². The molecular weight excluding hydrogens is 324 g/mol. The maximum absolute atomic E-state index is 6.05. The second-order valence-electron chi connectivity index (χ2n) is 7.77. The second kappa shape index (κ2) is 7.72. The first-order valence-electron chi connectivity index (χ1n) is 9.60. The van der Waals surface area contributed by atoms with Crippen molar-refractivity contribution in [3.63, 3.8) is 0 Å². The number of pyridine rings is 2. The van der Waals surface area contributed by atoms with Crippen LogP contribution in [0.25, 0.3) is 0 Å². The fraction of sp³-hybridized carbons (Fsp3) is 0.524. The van der Waals surface area contributed by atoms with Crippen molar-refractivity contribution in [2.45, 2.75) is 26.3 Å². The molecule has 0 aliphatic carbocycles. The van der Waals surface area contributed by atoms with Crippen LogP contribution in [0.5, 0.6) is 0 Å². The molecule has 2 aliphatic rings. The molecule has 0 amide bonds. The number of ether oxygens (including phenoxy) is 1. The Labute approximate surface area is 156 Å². The van der Waals surface area contributed by atoms with Gasteiger partial charge in [0.15, 0.2) is 0 Å². The summed E-state index contributed by atoms with van der Waals surface area (Å²) < 4.78 is 6.05. The molecule has 0 bridgehead atoms. The lowest BCUT2D eigenvalue weighted by Gasteiger charge is -2.44. The summed E-state index contributed by atoms with van der Waals surface area (Å²) in [5.74, 6) is 0. The highest BCUT2D eigenvalue weighted by molar-refractivity contribution is 5.44. The summed E-state index contributed by atoms with van der Waals surface area (Å²) >= 11 is 0. The van der Waals surface area contributed by atoms with Crippen molar-refractivity contribution in [2.24, 2.45) is 5.41 Å². The molecule has 1 atom stereocenters. The summed E-state index contributed by atoms with van der Waals surface area (Å²) in [6.45, 7) is 8.81. The van der Waals surface area contributed by atoms with Gasteiger partial charge in [0.05, 0.1) is 30.8 Å². The number of hydrogen-bond donors (Lipinski definition) is 0. The van der Waals surface area contributed by atoms with E-state index < -0.39 is 0 Å². The molecule has 1 spiro atoms. The minimum absolute atomic E-state index is 0.189. The Bertz CT molecular complexity index is 723. The molecule has 0 aromatic carbocycles. The van der Waals surface area contributed by atoms with E-state index in [1.807, 2.05) is 18.5 Å². The van der Waals surface area contributed by atoms with Crippen molar-refractivity contribution >= 4 is 5.69 Å². The maximum atomic E-state index is 6.05. The molecule has 26 heavy (non-hydrogen) atoms. The van der Waals surface area contributed by atoms with Gasteiger partial charge in [-0.1, -0.05) is 6.07 Å². The number of likely N-dealkylation sites (tertiary alicyclic amines) is 1. The molecule has 5 nitrogen and oxygen atoms in total. The highest BCUT2D eigenvalue weighted by Gasteiger charge is 2.39. The normalized spacial score (nSPS) is 24.6. The maximum Gasteiger partial charge on any atom is 0.0641 e. The van der Waals surface area contributed by atoms with E-state index in [0.29, 0.717) is 0 Å². The van der Waals surface area contributed by atoms with E-state index in [1.54, 1.807) is 0 Å². The first-order valence-corrected chi connectivity index (χ1v) is 9.60. The fourth-order valence-electron chi connectivity index (χ4n) is 4.36. The Morgan fingerprint density at radius 3 is 2.96 bits per heavy atom. The predicted molar refractivity (Wildman–Crippen MR) is 103 cm³/mol. The molecule has 2 aliphatic heterocycles. The van der Waals surface area contributed by atoms with Crippen molar-refractivity contribution in [3.8, 4) is 0 Å². The Hall–Kier alpha value is -1.98. The van der Waals surface area contributed by atoms with Crippen LogP contribution in [0.1, 0.15) is 24.2 Å². The van der Waals surface area contributed by atoms with Crippen LogP contribution in [0.15, 0.2) is 42.7 Å². The number of aryl methyl sites for hydroxylation is 1. The summed E-state index contributed by atoms with van der Waals surface area (Å²) in [6.07, 6.45) is 6.25. The standard InChI is InChI=1S/C21H28N4O/c1-18-5-2-6-19(23-18)14-24-10-4-8-21(15-24)16-25(11-12-26-17-21)20-7-3-9-22-13-20/h2-3,5-7,9,13H,4,8,10-12,14-17H2,1H3/t21-/m0/s1. The molecule has 0 radical (unpaired) electrons. The van der Waals surface area contributed by atoms with Crippen LogP contribution < -0.4 is 4.90 Å². The van der Waals surface area contributed by atoms with Crippen LogP contribution in [-0.4, -0.2) is 54.3 Å². The Kier molecular flexibility index (Phi) is 5.18. The number of piperidine rings is 1. The zero-order valence-corrected chi connectivity index (χ0v) is 15.6. The van der Waals surface area contributed by atoms with Gasteiger partial charge in [-0.2, -0.15) is 0 Å². The van der Waals surface area contributed by atoms with Crippen LogP contribution in [-0.2, 0) is 11.3 Å². The average Bonchev–Trinajstić information content (AvgIpc) is 2.85. The molecule has 4 rings (SSSR count). The van der Waals surface area contributed by atoms with Gasteiger partial charge in [-0.3, -0.25) is 14.9 Å². The molecule has 4 heterocycles. The summed E-state index contributed by atoms with van der Waals surface area (Å²) in [5.41, 5.74) is 3.65. The lowest BCUT2D eigenvalue weighted by molar-refractivity contribution is 0.0103. The van der Waals surface area contributed by atoms with Gasteiger partial charge in [0.2, 0.25) is 0 Å². The van der Waals surface area contributed by atoms with Crippen LogP contribution in [0.2, 0.25) is 0 Å². The molecule has 2 aromatic rings. The summed E-state index contributed by atoms with van der Waals surface area (Å²) in [7, 11) is 0. The van der Waals surface area contributed by atoms with Gasteiger partial charge in [0.25, 0.3) is 0 Å². The molecule has 0 saturated carbocycles. The lowest BCUT2D eigenvalue weighted by atomic mass is 9.80. The number of rotatable bonds is 3. The summed E-state index contributed by atoms with van der Waals surface area (Å²) in [5, 5.41) is 0. The van der Waals surface area contributed by atoms with Crippen LogP contribution in [0, 0.1) is 12.3 Å². The topological polar surface area (TPSA) is 41.5 Å². The van der Waals surface area contributed by atoms with Gasteiger partial charge in [0, 0.05) is 43.5 Å². The number of anilines is 1. The Balaban J connectivity index is 1.49. The Morgan fingerprint density at radius 2 is 2.12 bits per heavy atom. The van der Waals surface area contributed by atoms with Crippen LogP contribution in [0.4, 0.5) is 5.69 Å². The van der Waals surface area contributed by atoms with Crippen LogP contribution >= 0.6 is 0 Å². The van der Waals surface area contributed by atoms with E-state index in [9.17, 15) is 0 Å². The first kappa shape index (κ1) is 17.4. The highest BCUT2D eigenvalue weighted by Crippen LogP contribution is 2.34. The predicted octanol–water partition coefficient (Wildman–Crippen LogP) is 2.90. The quantitative estimate of drug-likeness (QED) is 0.850. The molecule has 2 fully saturated rings. The zero-order chi connectivity index (χ0) is 17.8. The van der Waals surface area contributed by atoms with E-state index in [0.717, 1.165) is 51.6 Å². The number of hydrogen-bond acceptors (Lipinski definition) is 5. The van der Waals surface area contributed by atoms with Crippen molar-refractivity contribution in [1.82, 2.24) is 14.9 Å². The Morgan fingerprint density at radius 1 is 1.15 bits per heavy atom. The molecule has 0 unspecified atom stereocenters. The monoisotopic (exact) mass is 352 g/mol. The van der Waals surface area contributed by atoms with Gasteiger partial charge < -0.3 is 9.64 Å². The van der Waals surface area contributed by atoms with E-state index in [2.05, 4.69) is 46.0 Å². The van der Waals surface area contributed by atoms with Gasteiger partial charge in [-0.25, -0.2) is 0 Å². The van der Waals surface area contributed by atoms with Crippen LogP contribution in [0.3, 0.4) is 0 Å². The van der Waals surface area contributed by atoms with Gasteiger partial charge in [-0.15, -0.1) is 0 Å². The average molecular weight is 352 g/mol. The molecule has 2 aromatic heterocycles. The lowest BCUT2D eigenvalue weighted by Crippen LogP contribution is -2.50. The van der Waals surface area contributed by atoms with E-state index in [-0.39, 0.29) is 5.41 Å². The molecule has 0 N–H and O–H groups in total. The van der Waals surface area contributed by atoms with Gasteiger partial charge >= 0.3 is 0 Å². The third-order valence-corrected chi connectivity index (χ3v) is 5.52. The summed E-state index contributed by atoms with van der Waals surface area (Å²) in [4.78, 5) is 14.0. The second-order valence-corrected chi connectivity index (χ2v) is 7.77.